The van der Waals surface area contributed by atoms with Crippen molar-refractivity contribution in [1.29, 1.82) is 0 Å². The van der Waals surface area contributed by atoms with E-state index < -0.39 is 10.8 Å². The summed E-state index contributed by atoms with van der Waals surface area (Å²) in [6.07, 6.45) is 2.57. The SMILES string of the molecule is O=C(NC1CCS(=O)CC1)c1cccc2c1CCNC2. The molecule has 0 aliphatic carbocycles. The van der Waals surface area contributed by atoms with Gasteiger partial charge in [0.05, 0.1) is 0 Å². The number of rotatable bonds is 2. The Labute approximate surface area is 121 Å². The number of fused-ring (bicyclic) bond motifs is 1. The van der Waals surface area contributed by atoms with Crippen LogP contribution in [0.2, 0.25) is 0 Å². The van der Waals surface area contributed by atoms with E-state index in [4.69, 9.17) is 0 Å². The zero-order chi connectivity index (χ0) is 13.9. The molecule has 0 bridgehead atoms. The standard InChI is InChI=1S/C15H20N2O2S/c18-15(17-12-5-8-20(19)9-6-12)14-3-1-2-11-10-16-7-4-13(11)14/h1-3,12,16H,4-10H2,(H,17,18). The van der Waals surface area contributed by atoms with Gasteiger partial charge in [-0.25, -0.2) is 0 Å². The first-order valence-electron chi connectivity index (χ1n) is 7.21. The van der Waals surface area contributed by atoms with Crippen molar-refractivity contribution in [2.75, 3.05) is 18.1 Å². The molecule has 0 unspecified atom stereocenters. The first-order valence-corrected chi connectivity index (χ1v) is 8.70. The Bertz CT molecular complexity index is 535. The predicted molar refractivity (Wildman–Crippen MR) is 80.2 cm³/mol. The molecule has 2 heterocycles. The number of carbonyl (C=O) groups excluding carboxylic acids is 1. The lowest BCUT2D eigenvalue weighted by atomic mass is 9.95. The largest absolute Gasteiger partial charge is 0.349 e. The van der Waals surface area contributed by atoms with Crippen molar-refractivity contribution in [3.8, 4) is 0 Å². The first kappa shape index (κ1) is 13.8. The van der Waals surface area contributed by atoms with Gasteiger partial charge in [-0.2, -0.15) is 0 Å². The number of hydrogen-bond donors (Lipinski definition) is 2. The summed E-state index contributed by atoms with van der Waals surface area (Å²) in [6, 6.07) is 6.14. The topological polar surface area (TPSA) is 58.2 Å². The Balaban J connectivity index is 1.72. The molecule has 0 spiro atoms. The molecule has 1 aromatic rings. The van der Waals surface area contributed by atoms with E-state index in [0.717, 1.165) is 37.9 Å². The highest BCUT2D eigenvalue weighted by molar-refractivity contribution is 7.85. The van der Waals surface area contributed by atoms with Crippen molar-refractivity contribution in [3.05, 3.63) is 34.9 Å². The quantitative estimate of drug-likeness (QED) is 0.854. The van der Waals surface area contributed by atoms with Crippen LogP contribution in [0.15, 0.2) is 18.2 Å². The molecule has 1 fully saturated rings. The van der Waals surface area contributed by atoms with Gasteiger partial charge in [0, 0.05) is 40.5 Å². The number of hydrogen-bond acceptors (Lipinski definition) is 3. The van der Waals surface area contributed by atoms with Crippen molar-refractivity contribution in [1.82, 2.24) is 10.6 Å². The van der Waals surface area contributed by atoms with E-state index in [2.05, 4.69) is 16.7 Å². The van der Waals surface area contributed by atoms with E-state index in [1.54, 1.807) is 0 Å². The average Bonchev–Trinajstić information content (AvgIpc) is 2.49. The predicted octanol–water partition coefficient (Wildman–Crippen LogP) is 0.973. The second-order valence-electron chi connectivity index (χ2n) is 5.47. The second-order valence-corrected chi connectivity index (χ2v) is 7.16. The molecule has 1 aromatic carbocycles. The van der Waals surface area contributed by atoms with Crippen LogP contribution in [0.25, 0.3) is 0 Å². The van der Waals surface area contributed by atoms with Gasteiger partial charge in [-0.15, -0.1) is 0 Å². The van der Waals surface area contributed by atoms with Crippen molar-refractivity contribution >= 4 is 16.7 Å². The Morgan fingerprint density at radius 1 is 1.30 bits per heavy atom. The molecule has 108 valence electrons. The molecule has 3 rings (SSSR count). The lowest BCUT2D eigenvalue weighted by Gasteiger charge is -2.24. The van der Waals surface area contributed by atoms with Gasteiger partial charge in [0.1, 0.15) is 0 Å². The summed E-state index contributed by atoms with van der Waals surface area (Å²) in [4.78, 5) is 12.5. The second kappa shape index (κ2) is 6.06. The van der Waals surface area contributed by atoms with Crippen LogP contribution in [0.4, 0.5) is 0 Å². The van der Waals surface area contributed by atoms with Gasteiger partial charge in [0.15, 0.2) is 0 Å². The Morgan fingerprint density at radius 2 is 2.10 bits per heavy atom. The number of nitrogens with one attached hydrogen (secondary N) is 2. The minimum absolute atomic E-state index is 0.0291. The molecule has 2 aliphatic heterocycles. The highest BCUT2D eigenvalue weighted by Crippen LogP contribution is 2.19. The summed E-state index contributed by atoms with van der Waals surface area (Å²) < 4.78 is 11.3. The number of benzene rings is 1. The van der Waals surface area contributed by atoms with Gasteiger partial charge < -0.3 is 10.6 Å². The van der Waals surface area contributed by atoms with E-state index in [1.807, 2.05) is 12.1 Å². The first-order chi connectivity index (χ1) is 9.74. The lowest BCUT2D eigenvalue weighted by Crippen LogP contribution is -2.40. The third kappa shape index (κ3) is 2.94. The summed E-state index contributed by atoms with van der Waals surface area (Å²) in [5.41, 5.74) is 3.23. The van der Waals surface area contributed by atoms with Crippen molar-refractivity contribution in [2.45, 2.75) is 31.8 Å². The van der Waals surface area contributed by atoms with Crippen LogP contribution in [0.5, 0.6) is 0 Å². The van der Waals surface area contributed by atoms with E-state index in [1.165, 1.54) is 11.1 Å². The molecule has 0 atom stereocenters. The monoisotopic (exact) mass is 292 g/mol. The molecular formula is C15H20N2O2S. The molecule has 2 N–H and O–H groups in total. The van der Waals surface area contributed by atoms with Crippen LogP contribution in [-0.2, 0) is 23.8 Å². The molecule has 20 heavy (non-hydrogen) atoms. The van der Waals surface area contributed by atoms with Gasteiger partial charge in [0.25, 0.3) is 5.91 Å². The summed E-state index contributed by atoms with van der Waals surface area (Å²) in [6.45, 7) is 1.78. The van der Waals surface area contributed by atoms with Gasteiger partial charge in [-0.3, -0.25) is 9.00 Å². The molecule has 0 aromatic heterocycles. The minimum Gasteiger partial charge on any atom is -0.349 e. The minimum atomic E-state index is -0.682. The maximum absolute atomic E-state index is 12.5. The van der Waals surface area contributed by atoms with Crippen LogP contribution in [0.3, 0.4) is 0 Å². The van der Waals surface area contributed by atoms with Crippen LogP contribution in [0.1, 0.15) is 34.3 Å². The van der Waals surface area contributed by atoms with Crippen LogP contribution in [-0.4, -0.2) is 34.2 Å². The van der Waals surface area contributed by atoms with Crippen molar-refractivity contribution in [3.63, 3.8) is 0 Å². The molecule has 1 saturated heterocycles. The number of carbonyl (C=O) groups is 1. The molecule has 2 aliphatic rings. The molecule has 4 nitrogen and oxygen atoms in total. The maximum atomic E-state index is 12.5. The zero-order valence-electron chi connectivity index (χ0n) is 11.5. The van der Waals surface area contributed by atoms with Gasteiger partial charge in [-0.05, 0) is 43.0 Å². The number of amides is 1. The van der Waals surface area contributed by atoms with Gasteiger partial charge in [0.2, 0.25) is 0 Å². The van der Waals surface area contributed by atoms with E-state index in [-0.39, 0.29) is 11.9 Å². The van der Waals surface area contributed by atoms with Crippen molar-refractivity contribution < 1.29 is 9.00 Å². The molecule has 1 amide bonds. The fourth-order valence-electron chi connectivity index (χ4n) is 2.95. The van der Waals surface area contributed by atoms with E-state index in [9.17, 15) is 9.00 Å². The summed E-state index contributed by atoms with van der Waals surface area (Å²) >= 11 is 0. The maximum Gasteiger partial charge on any atom is 0.251 e. The van der Waals surface area contributed by atoms with Crippen LogP contribution < -0.4 is 10.6 Å². The lowest BCUT2D eigenvalue weighted by molar-refractivity contribution is 0.0933. The fourth-order valence-corrected chi connectivity index (χ4v) is 4.24. The van der Waals surface area contributed by atoms with Gasteiger partial charge >= 0.3 is 0 Å². The highest BCUT2D eigenvalue weighted by Gasteiger charge is 2.22. The fraction of sp³-hybridized carbons (Fsp3) is 0.533. The van der Waals surface area contributed by atoms with Crippen molar-refractivity contribution in [2.24, 2.45) is 0 Å². The summed E-state index contributed by atoms with van der Waals surface area (Å²) in [7, 11) is -0.682. The van der Waals surface area contributed by atoms with E-state index >= 15 is 0 Å². The van der Waals surface area contributed by atoms with Crippen LogP contribution in [0, 0.1) is 0 Å². The molecule has 0 radical (unpaired) electrons. The zero-order valence-corrected chi connectivity index (χ0v) is 12.3. The summed E-state index contributed by atoms with van der Waals surface area (Å²) in [5, 5.41) is 6.44. The smallest absolute Gasteiger partial charge is 0.251 e. The molecule has 5 heteroatoms. The highest BCUT2D eigenvalue weighted by atomic mass is 32.2. The van der Waals surface area contributed by atoms with E-state index in [0.29, 0.717) is 11.5 Å². The Kier molecular flexibility index (Phi) is 4.17. The average molecular weight is 292 g/mol. The Morgan fingerprint density at radius 3 is 2.90 bits per heavy atom. The molecular weight excluding hydrogens is 272 g/mol. The Hall–Kier alpha value is -1.20. The van der Waals surface area contributed by atoms with Gasteiger partial charge in [-0.1, -0.05) is 12.1 Å². The normalized spacial score (nSPS) is 25.8. The third-order valence-corrected chi connectivity index (χ3v) is 5.49. The molecule has 0 saturated carbocycles. The summed E-state index contributed by atoms with van der Waals surface area (Å²) in [5.74, 6) is 1.45. The van der Waals surface area contributed by atoms with Crippen LogP contribution >= 0.6 is 0 Å². The third-order valence-electron chi connectivity index (χ3n) is 4.11.